The molecule has 0 spiro atoms. The molecule has 1 heterocycles. The Morgan fingerprint density at radius 3 is 2.33 bits per heavy atom. The van der Waals surface area contributed by atoms with Gasteiger partial charge in [0.15, 0.2) is 5.82 Å². The number of aromatic nitrogens is 2. The zero-order valence-electron chi connectivity index (χ0n) is 7.81. The lowest BCUT2D eigenvalue weighted by Gasteiger charge is -2.04. The minimum absolute atomic E-state index is 0.274. The zero-order chi connectivity index (χ0) is 10.8. The average Bonchev–Trinajstić information content (AvgIpc) is 2.23. The second-order valence-electron chi connectivity index (χ2n) is 3.08. The first-order valence-electron chi connectivity index (χ1n) is 4.31. The number of hydrogen-bond acceptors (Lipinski definition) is 4. The highest BCUT2D eigenvalue weighted by Gasteiger charge is 2.05. The molecule has 2 aromatic rings. The fourth-order valence-corrected chi connectivity index (χ4v) is 1.28. The molecule has 0 amide bonds. The Labute approximate surface area is 85.7 Å². The molecule has 4 N–H and O–H groups in total. The van der Waals surface area contributed by atoms with E-state index in [2.05, 4.69) is 10.2 Å². The summed E-state index contributed by atoms with van der Waals surface area (Å²) in [4.78, 5) is 0. The standard InChI is InChI=1S/C10H9FN4/c11-7-3-1-6(2-4-7)8-5-9(12)14-15-10(8)13/h1-5H,(H2,12,14)(H2,13,15). The molecular weight excluding hydrogens is 195 g/mol. The van der Waals surface area contributed by atoms with Crippen LogP contribution in [-0.2, 0) is 0 Å². The van der Waals surface area contributed by atoms with Crippen molar-refractivity contribution in [3.05, 3.63) is 36.1 Å². The highest BCUT2D eigenvalue weighted by Crippen LogP contribution is 2.24. The van der Waals surface area contributed by atoms with Crippen LogP contribution in [0.25, 0.3) is 11.1 Å². The summed E-state index contributed by atoms with van der Waals surface area (Å²) in [6, 6.07) is 7.54. The van der Waals surface area contributed by atoms with E-state index in [-0.39, 0.29) is 17.5 Å². The van der Waals surface area contributed by atoms with E-state index in [4.69, 9.17) is 11.5 Å². The smallest absolute Gasteiger partial charge is 0.154 e. The molecule has 0 aliphatic carbocycles. The minimum Gasteiger partial charge on any atom is -0.382 e. The van der Waals surface area contributed by atoms with Crippen LogP contribution in [0.1, 0.15) is 0 Å². The van der Waals surface area contributed by atoms with Gasteiger partial charge in [-0.3, -0.25) is 0 Å². The van der Waals surface area contributed by atoms with Crippen molar-refractivity contribution in [2.75, 3.05) is 11.5 Å². The maximum atomic E-state index is 12.7. The van der Waals surface area contributed by atoms with Gasteiger partial charge in [-0.25, -0.2) is 4.39 Å². The Balaban J connectivity index is 2.53. The molecule has 0 fully saturated rings. The summed E-state index contributed by atoms with van der Waals surface area (Å²) in [6.45, 7) is 0. The lowest BCUT2D eigenvalue weighted by molar-refractivity contribution is 0.628. The summed E-state index contributed by atoms with van der Waals surface area (Å²) in [5.74, 6) is 0.256. The maximum absolute atomic E-state index is 12.7. The van der Waals surface area contributed by atoms with E-state index >= 15 is 0 Å². The molecule has 4 nitrogen and oxygen atoms in total. The van der Waals surface area contributed by atoms with Crippen LogP contribution in [0.15, 0.2) is 30.3 Å². The Morgan fingerprint density at radius 1 is 1.00 bits per heavy atom. The van der Waals surface area contributed by atoms with Crippen molar-refractivity contribution in [3.63, 3.8) is 0 Å². The van der Waals surface area contributed by atoms with Crippen molar-refractivity contribution in [1.29, 1.82) is 0 Å². The van der Waals surface area contributed by atoms with E-state index < -0.39 is 0 Å². The first-order valence-corrected chi connectivity index (χ1v) is 4.31. The number of anilines is 2. The van der Waals surface area contributed by atoms with Crippen molar-refractivity contribution in [1.82, 2.24) is 10.2 Å². The Hall–Kier alpha value is -2.17. The van der Waals surface area contributed by atoms with E-state index in [1.165, 1.54) is 12.1 Å². The molecule has 0 unspecified atom stereocenters. The molecule has 0 bridgehead atoms. The molecule has 76 valence electrons. The molecular formula is C10H9FN4. The molecule has 1 aromatic heterocycles. The van der Waals surface area contributed by atoms with Gasteiger partial charge in [0.05, 0.1) is 0 Å². The Bertz CT molecular complexity index is 481. The molecule has 0 aliphatic heterocycles. The van der Waals surface area contributed by atoms with Gasteiger partial charge in [-0.1, -0.05) is 12.1 Å². The minimum atomic E-state index is -0.299. The largest absolute Gasteiger partial charge is 0.382 e. The van der Waals surface area contributed by atoms with Gasteiger partial charge in [-0.15, -0.1) is 10.2 Å². The van der Waals surface area contributed by atoms with E-state index in [9.17, 15) is 4.39 Å². The fourth-order valence-electron chi connectivity index (χ4n) is 1.28. The number of hydrogen-bond donors (Lipinski definition) is 2. The SMILES string of the molecule is Nc1cc(-c2ccc(F)cc2)c(N)nn1. The molecule has 0 saturated carbocycles. The first kappa shape index (κ1) is 9.39. The number of nitrogen functional groups attached to an aromatic ring is 2. The third-order valence-electron chi connectivity index (χ3n) is 2.00. The third-order valence-corrected chi connectivity index (χ3v) is 2.00. The molecule has 15 heavy (non-hydrogen) atoms. The topological polar surface area (TPSA) is 77.8 Å². The molecule has 2 rings (SSSR count). The number of halogens is 1. The molecule has 5 heteroatoms. The van der Waals surface area contributed by atoms with Crippen LogP contribution in [0, 0.1) is 5.82 Å². The monoisotopic (exact) mass is 204 g/mol. The fraction of sp³-hybridized carbons (Fsp3) is 0. The molecule has 0 radical (unpaired) electrons. The zero-order valence-corrected chi connectivity index (χ0v) is 7.81. The third kappa shape index (κ3) is 1.85. The van der Waals surface area contributed by atoms with Gasteiger partial charge >= 0.3 is 0 Å². The Morgan fingerprint density at radius 2 is 1.67 bits per heavy atom. The summed E-state index contributed by atoms with van der Waals surface area (Å²) < 4.78 is 12.7. The van der Waals surface area contributed by atoms with Crippen molar-refractivity contribution < 1.29 is 4.39 Å². The van der Waals surface area contributed by atoms with Crippen LogP contribution < -0.4 is 11.5 Å². The Kier molecular flexibility index (Phi) is 2.21. The quantitative estimate of drug-likeness (QED) is 0.736. The van der Waals surface area contributed by atoms with Crippen LogP contribution >= 0.6 is 0 Å². The van der Waals surface area contributed by atoms with Crippen molar-refractivity contribution in [3.8, 4) is 11.1 Å². The summed E-state index contributed by atoms with van der Waals surface area (Å²) in [5, 5.41) is 7.30. The van der Waals surface area contributed by atoms with Gasteiger partial charge in [-0.2, -0.15) is 0 Å². The second-order valence-corrected chi connectivity index (χ2v) is 3.08. The lowest BCUT2D eigenvalue weighted by atomic mass is 10.1. The van der Waals surface area contributed by atoms with E-state index in [0.29, 0.717) is 5.56 Å². The van der Waals surface area contributed by atoms with Crippen LogP contribution in [0.2, 0.25) is 0 Å². The van der Waals surface area contributed by atoms with Crippen molar-refractivity contribution in [2.24, 2.45) is 0 Å². The van der Waals surface area contributed by atoms with Gasteiger partial charge in [0.2, 0.25) is 0 Å². The number of rotatable bonds is 1. The van der Waals surface area contributed by atoms with Gasteiger partial charge in [0.25, 0.3) is 0 Å². The second kappa shape index (κ2) is 3.53. The average molecular weight is 204 g/mol. The summed E-state index contributed by atoms with van der Waals surface area (Å²) >= 11 is 0. The molecule has 0 aliphatic rings. The summed E-state index contributed by atoms with van der Waals surface area (Å²) in [5.41, 5.74) is 12.5. The highest BCUT2D eigenvalue weighted by molar-refractivity contribution is 5.75. The normalized spacial score (nSPS) is 10.2. The maximum Gasteiger partial charge on any atom is 0.154 e. The molecule has 0 saturated heterocycles. The van der Waals surface area contributed by atoms with E-state index in [1.807, 2.05) is 0 Å². The highest BCUT2D eigenvalue weighted by atomic mass is 19.1. The number of benzene rings is 1. The summed E-state index contributed by atoms with van der Waals surface area (Å²) in [7, 11) is 0. The lowest BCUT2D eigenvalue weighted by Crippen LogP contribution is -2.00. The number of nitrogens with two attached hydrogens (primary N) is 2. The predicted molar refractivity (Wildman–Crippen MR) is 56.3 cm³/mol. The van der Waals surface area contributed by atoms with Crippen molar-refractivity contribution in [2.45, 2.75) is 0 Å². The number of nitrogens with zero attached hydrogens (tertiary/aromatic N) is 2. The molecule has 0 atom stereocenters. The van der Waals surface area contributed by atoms with E-state index in [1.54, 1.807) is 18.2 Å². The van der Waals surface area contributed by atoms with Crippen LogP contribution in [0.4, 0.5) is 16.0 Å². The molecule has 1 aromatic carbocycles. The van der Waals surface area contributed by atoms with Gasteiger partial charge in [0.1, 0.15) is 11.6 Å². The van der Waals surface area contributed by atoms with Crippen LogP contribution in [0.3, 0.4) is 0 Å². The van der Waals surface area contributed by atoms with Gasteiger partial charge in [0, 0.05) is 5.56 Å². The van der Waals surface area contributed by atoms with Crippen LogP contribution in [0.5, 0.6) is 0 Å². The first-order chi connectivity index (χ1) is 7.16. The van der Waals surface area contributed by atoms with Crippen molar-refractivity contribution >= 4 is 11.6 Å². The van der Waals surface area contributed by atoms with Gasteiger partial charge in [-0.05, 0) is 23.8 Å². The van der Waals surface area contributed by atoms with E-state index in [0.717, 1.165) is 5.56 Å². The van der Waals surface area contributed by atoms with Gasteiger partial charge < -0.3 is 11.5 Å². The van der Waals surface area contributed by atoms with Crippen LogP contribution in [-0.4, -0.2) is 10.2 Å². The summed E-state index contributed by atoms with van der Waals surface area (Å²) in [6.07, 6.45) is 0. The predicted octanol–water partition coefficient (Wildman–Crippen LogP) is 1.45.